The Morgan fingerprint density at radius 2 is 1.85 bits per heavy atom. The number of aromatic nitrogens is 1. The molecule has 1 aromatic rings. The predicted molar refractivity (Wildman–Crippen MR) is 50.1 cm³/mol. The van der Waals surface area contributed by atoms with Gasteiger partial charge in [0.05, 0.1) is 10.5 Å². The molecule has 0 aliphatic heterocycles. The number of pyridine rings is 1. The summed E-state index contributed by atoms with van der Waals surface area (Å²) in [5, 5.41) is 10.9. The smallest absolute Gasteiger partial charge is 0.258 e. The first-order valence-corrected chi connectivity index (χ1v) is 4.10. The minimum atomic E-state index is -0.425. The molecular weight excluding hydrogens is 192 g/mol. The lowest BCUT2D eigenvalue weighted by Gasteiger charge is -2.04. The molecule has 13 heavy (non-hydrogen) atoms. The van der Waals surface area contributed by atoms with Gasteiger partial charge in [0.2, 0.25) is 0 Å². The Bertz CT molecular complexity index is 351. The molecule has 0 aromatic carbocycles. The molecule has 0 saturated carbocycles. The van der Waals surface area contributed by atoms with Crippen molar-refractivity contribution in [1.82, 2.24) is 4.98 Å². The number of hydrogen-bond donors (Lipinski definition) is 0. The maximum Gasteiger partial charge on any atom is 0.280 e. The van der Waals surface area contributed by atoms with Crippen LogP contribution in [0.2, 0.25) is 5.15 Å². The van der Waals surface area contributed by atoms with E-state index in [1.807, 2.05) is 0 Å². The maximum atomic E-state index is 10.7. The summed E-state index contributed by atoms with van der Waals surface area (Å²) in [6, 6.07) is 0. The van der Waals surface area contributed by atoms with Crippen LogP contribution in [0.4, 0.5) is 5.69 Å². The molecule has 0 spiro atoms. The highest BCUT2D eigenvalue weighted by molar-refractivity contribution is 6.30. The number of halogens is 1. The van der Waals surface area contributed by atoms with Gasteiger partial charge in [-0.1, -0.05) is 11.6 Å². The molecule has 5 heteroatoms. The van der Waals surface area contributed by atoms with Crippen molar-refractivity contribution in [3.63, 3.8) is 0 Å². The lowest BCUT2D eigenvalue weighted by atomic mass is 10.1. The summed E-state index contributed by atoms with van der Waals surface area (Å²) in [6.07, 6.45) is 0. The Balaban J connectivity index is 3.56. The molecule has 1 rings (SSSR count). The molecule has 0 aliphatic rings. The van der Waals surface area contributed by atoms with Gasteiger partial charge < -0.3 is 0 Å². The quantitative estimate of drug-likeness (QED) is 0.398. The molecule has 0 atom stereocenters. The normalized spacial score (nSPS) is 10.2. The van der Waals surface area contributed by atoms with E-state index in [4.69, 9.17) is 11.6 Å². The van der Waals surface area contributed by atoms with Crippen LogP contribution >= 0.6 is 11.6 Å². The topological polar surface area (TPSA) is 56.0 Å². The molecule has 0 bridgehead atoms. The van der Waals surface area contributed by atoms with Crippen LogP contribution in [0.15, 0.2) is 0 Å². The van der Waals surface area contributed by atoms with Crippen LogP contribution in [0.3, 0.4) is 0 Å². The second kappa shape index (κ2) is 3.30. The molecule has 0 amide bonds. The Kier molecular flexibility index (Phi) is 2.52. The van der Waals surface area contributed by atoms with E-state index in [1.54, 1.807) is 20.8 Å². The highest BCUT2D eigenvalue weighted by Gasteiger charge is 2.19. The average molecular weight is 201 g/mol. The fourth-order valence-electron chi connectivity index (χ4n) is 1.14. The largest absolute Gasteiger partial charge is 0.280 e. The fourth-order valence-corrected chi connectivity index (χ4v) is 1.36. The number of nitrogens with zero attached hydrogens (tertiary/aromatic N) is 2. The molecule has 0 saturated heterocycles. The number of nitro groups is 1. The molecule has 0 N–H and O–H groups in total. The minimum Gasteiger partial charge on any atom is -0.258 e. The molecule has 1 heterocycles. The van der Waals surface area contributed by atoms with Gasteiger partial charge in [0, 0.05) is 11.3 Å². The Hall–Kier alpha value is -1.16. The maximum absolute atomic E-state index is 10.7. The first-order valence-electron chi connectivity index (χ1n) is 3.72. The Morgan fingerprint density at radius 3 is 2.31 bits per heavy atom. The van der Waals surface area contributed by atoms with Crippen molar-refractivity contribution in [2.45, 2.75) is 20.8 Å². The van der Waals surface area contributed by atoms with Crippen LogP contribution in [-0.2, 0) is 0 Å². The van der Waals surface area contributed by atoms with Crippen molar-refractivity contribution in [2.24, 2.45) is 0 Å². The lowest BCUT2D eigenvalue weighted by Crippen LogP contribution is -2.00. The van der Waals surface area contributed by atoms with Crippen molar-refractivity contribution >= 4 is 17.3 Å². The van der Waals surface area contributed by atoms with Crippen molar-refractivity contribution < 1.29 is 4.92 Å². The minimum absolute atomic E-state index is 0.0671. The van der Waals surface area contributed by atoms with Crippen molar-refractivity contribution in [3.05, 3.63) is 32.1 Å². The highest BCUT2D eigenvalue weighted by atomic mass is 35.5. The molecule has 1 aromatic heterocycles. The van der Waals surface area contributed by atoms with Crippen LogP contribution < -0.4 is 0 Å². The molecule has 4 nitrogen and oxygen atoms in total. The van der Waals surface area contributed by atoms with Crippen molar-refractivity contribution in [1.29, 1.82) is 0 Å². The van der Waals surface area contributed by atoms with E-state index < -0.39 is 4.92 Å². The fraction of sp³-hybridized carbons (Fsp3) is 0.375. The molecule has 0 aliphatic carbocycles. The van der Waals surface area contributed by atoms with Crippen LogP contribution in [0.1, 0.15) is 16.8 Å². The first kappa shape index (κ1) is 9.92. The SMILES string of the molecule is Cc1nc(Cl)c(C)c([N+](=O)[O-])c1C. The zero-order valence-electron chi connectivity index (χ0n) is 7.59. The van der Waals surface area contributed by atoms with Gasteiger partial charge in [-0.25, -0.2) is 4.98 Å². The third-order valence-corrected chi connectivity index (χ3v) is 2.38. The van der Waals surface area contributed by atoms with Gasteiger partial charge in [0.1, 0.15) is 5.15 Å². The second-order valence-corrected chi connectivity index (χ2v) is 3.20. The molecule has 0 fully saturated rings. The van der Waals surface area contributed by atoms with E-state index in [-0.39, 0.29) is 10.8 Å². The van der Waals surface area contributed by atoms with E-state index in [0.717, 1.165) is 0 Å². The van der Waals surface area contributed by atoms with E-state index in [1.165, 1.54) is 0 Å². The summed E-state index contributed by atoms with van der Waals surface area (Å²) in [5.74, 6) is 0. The van der Waals surface area contributed by atoms with Gasteiger partial charge in [-0.3, -0.25) is 10.1 Å². The standard InChI is InChI=1S/C8H9ClN2O2/c1-4-6(3)10-8(9)5(2)7(4)11(12)13/h1-3H3. The third-order valence-electron chi connectivity index (χ3n) is 2.01. The van der Waals surface area contributed by atoms with Crippen LogP contribution in [0, 0.1) is 30.9 Å². The van der Waals surface area contributed by atoms with E-state index >= 15 is 0 Å². The molecule has 70 valence electrons. The molecule has 0 radical (unpaired) electrons. The first-order chi connectivity index (χ1) is 5.95. The van der Waals surface area contributed by atoms with Gasteiger partial charge in [-0.15, -0.1) is 0 Å². The van der Waals surface area contributed by atoms with Gasteiger partial charge >= 0.3 is 0 Å². The van der Waals surface area contributed by atoms with Gasteiger partial charge in [-0.05, 0) is 20.8 Å². The van der Waals surface area contributed by atoms with Gasteiger partial charge in [-0.2, -0.15) is 0 Å². The summed E-state index contributed by atoms with van der Waals surface area (Å²) in [5.41, 5.74) is 1.67. The average Bonchev–Trinajstić information content (AvgIpc) is 2.01. The van der Waals surface area contributed by atoms with Gasteiger partial charge in [0.15, 0.2) is 0 Å². The number of aryl methyl sites for hydroxylation is 1. The molecular formula is C8H9ClN2O2. The lowest BCUT2D eigenvalue weighted by molar-refractivity contribution is -0.386. The number of rotatable bonds is 1. The number of hydrogen-bond acceptors (Lipinski definition) is 3. The van der Waals surface area contributed by atoms with Crippen molar-refractivity contribution in [3.8, 4) is 0 Å². The summed E-state index contributed by atoms with van der Waals surface area (Å²) in [6.45, 7) is 4.97. The highest BCUT2D eigenvalue weighted by Crippen LogP contribution is 2.28. The van der Waals surface area contributed by atoms with Gasteiger partial charge in [0.25, 0.3) is 5.69 Å². The van der Waals surface area contributed by atoms with Crippen molar-refractivity contribution in [2.75, 3.05) is 0 Å². The third kappa shape index (κ3) is 1.62. The van der Waals surface area contributed by atoms with Crippen LogP contribution in [-0.4, -0.2) is 9.91 Å². The monoisotopic (exact) mass is 200 g/mol. The Morgan fingerprint density at radius 1 is 1.31 bits per heavy atom. The summed E-state index contributed by atoms with van der Waals surface area (Å²) < 4.78 is 0. The van der Waals surface area contributed by atoms with E-state index in [2.05, 4.69) is 4.98 Å². The predicted octanol–water partition coefficient (Wildman–Crippen LogP) is 2.57. The summed E-state index contributed by atoms with van der Waals surface area (Å²) in [7, 11) is 0. The summed E-state index contributed by atoms with van der Waals surface area (Å²) >= 11 is 5.72. The van der Waals surface area contributed by atoms with Crippen LogP contribution in [0.5, 0.6) is 0 Å². The second-order valence-electron chi connectivity index (χ2n) is 2.84. The van der Waals surface area contributed by atoms with E-state index in [9.17, 15) is 10.1 Å². The summed E-state index contributed by atoms with van der Waals surface area (Å²) in [4.78, 5) is 14.2. The zero-order chi connectivity index (χ0) is 10.2. The Labute approximate surface area is 80.7 Å². The van der Waals surface area contributed by atoms with E-state index in [0.29, 0.717) is 16.8 Å². The molecule has 0 unspecified atom stereocenters. The van der Waals surface area contributed by atoms with Crippen LogP contribution in [0.25, 0.3) is 0 Å². The zero-order valence-corrected chi connectivity index (χ0v) is 8.34.